The van der Waals surface area contributed by atoms with Gasteiger partial charge in [-0.2, -0.15) is 0 Å². The number of rotatable bonds is 7. The molecule has 5 nitrogen and oxygen atoms in total. The lowest BCUT2D eigenvalue weighted by Crippen LogP contribution is -2.18. The van der Waals surface area contributed by atoms with Gasteiger partial charge in [0.15, 0.2) is 0 Å². The van der Waals surface area contributed by atoms with Gasteiger partial charge in [-0.05, 0) is 85.7 Å². The zero-order chi connectivity index (χ0) is 25.3. The number of nitrogens with zero attached hydrogens (tertiary/aromatic N) is 2. The summed E-state index contributed by atoms with van der Waals surface area (Å²) in [5, 5.41) is 3.31. The van der Waals surface area contributed by atoms with E-state index in [-0.39, 0.29) is 17.6 Å². The molecule has 1 N–H and O–H groups in total. The van der Waals surface area contributed by atoms with E-state index in [9.17, 15) is 18.0 Å². The highest BCUT2D eigenvalue weighted by Gasteiger charge is 2.31. The van der Waals surface area contributed by atoms with Gasteiger partial charge in [0.1, 0.15) is 11.5 Å². The highest BCUT2D eigenvalue weighted by atomic mass is 19.4. The van der Waals surface area contributed by atoms with Crippen molar-refractivity contribution < 1.29 is 22.7 Å². The van der Waals surface area contributed by atoms with E-state index in [1.807, 2.05) is 24.3 Å². The summed E-state index contributed by atoms with van der Waals surface area (Å²) in [6.45, 7) is 1.58. The van der Waals surface area contributed by atoms with Crippen LogP contribution in [0.25, 0.3) is 11.0 Å². The van der Waals surface area contributed by atoms with Crippen LogP contribution in [0.15, 0.2) is 66.7 Å². The first-order chi connectivity index (χ1) is 17.3. The summed E-state index contributed by atoms with van der Waals surface area (Å²) in [7, 11) is 0. The number of anilines is 2. The summed E-state index contributed by atoms with van der Waals surface area (Å²) in [6.07, 6.45) is -0.606. The number of benzene rings is 3. The fourth-order valence-corrected chi connectivity index (χ4v) is 4.89. The molecule has 4 aromatic rings. The van der Waals surface area contributed by atoms with Crippen LogP contribution < -0.4 is 10.1 Å². The molecule has 0 spiro atoms. The second kappa shape index (κ2) is 9.68. The van der Waals surface area contributed by atoms with Gasteiger partial charge >= 0.3 is 6.36 Å². The molecule has 0 unspecified atom stereocenters. The SMILES string of the molecule is CC(=O)CCc1ccc2c(c1)nc(Nc1ccc(OC(F)(F)F)cc1)n2[C@@H]1CCCc2ccccc21. The molecule has 0 fully saturated rings. The first kappa shape index (κ1) is 23.9. The van der Waals surface area contributed by atoms with Crippen LogP contribution in [0.1, 0.15) is 48.9 Å². The molecule has 1 atom stereocenters. The fraction of sp³-hybridized carbons (Fsp3) is 0.286. The number of ketones is 1. The van der Waals surface area contributed by atoms with Crippen LogP contribution in [0, 0.1) is 0 Å². The van der Waals surface area contributed by atoms with E-state index in [1.165, 1.54) is 35.4 Å². The number of carbonyl (C=O) groups excluding carboxylic acids is 1. The van der Waals surface area contributed by atoms with Gasteiger partial charge < -0.3 is 19.4 Å². The number of hydrogen-bond acceptors (Lipinski definition) is 4. The predicted octanol–water partition coefficient (Wildman–Crippen LogP) is 7.13. The van der Waals surface area contributed by atoms with E-state index in [0.717, 1.165) is 35.9 Å². The highest BCUT2D eigenvalue weighted by Crippen LogP contribution is 2.38. The number of hydrogen-bond donors (Lipinski definition) is 1. The Hall–Kier alpha value is -3.81. The Kier molecular flexibility index (Phi) is 6.43. The largest absolute Gasteiger partial charge is 0.573 e. The lowest BCUT2D eigenvalue weighted by atomic mass is 9.87. The van der Waals surface area contributed by atoms with E-state index >= 15 is 0 Å². The summed E-state index contributed by atoms with van der Waals surface area (Å²) < 4.78 is 43.8. The van der Waals surface area contributed by atoms with Crippen LogP contribution >= 0.6 is 0 Å². The third kappa shape index (κ3) is 5.22. The number of halogens is 3. The third-order valence-electron chi connectivity index (χ3n) is 6.51. The summed E-state index contributed by atoms with van der Waals surface area (Å²) in [5.41, 5.74) is 5.96. The molecule has 1 aliphatic rings. The predicted molar refractivity (Wildman–Crippen MR) is 133 cm³/mol. The molecular formula is C28H26F3N3O2. The van der Waals surface area contributed by atoms with E-state index in [4.69, 9.17) is 4.98 Å². The van der Waals surface area contributed by atoms with Gasteiger partial charge in [-0.25, -0.2) is 4.98 Å². The van der Waals surface area contributed by atoms with Crippen molar-refractivity contribution in [1.82, 2.24) is 9.55 Å². The topological polar surface area (TPSA) is 56.1 Å². The van der Waals surface area contributed by atoms with Crippen LogP contribution in [0.5, 0.6) is 5.75 Å². The summed E-state index contributed by atoms with van der Waals surface area (Å²) in [4.78, 5) is 16.3. The summed E-state index contributed by atoms with van der Waals surface area (Å²) >= 11 is 0. The van der Waals surface area contributed by atoms with Gasteiger partial charge in [0.2, 0.25) is 5.95 Å². The fourth-order valence-electron chi connectivity index (χ4n) is 4.89. The van der Waals surface area contributed by atoms with Gasteiger partial charge in [-0.1, -0.05) is 30.3 Å². The van der Waals surface area contributed by atoms with Crippen molar-refractivity contribution in [3.05, 3.63) is 83.4 Å². The van der Waals surface area contributed by atoms with Crippen molar-refractivity contribution in [2.24, 2.45) is 0 Å². The Bertz CT molecular complexity index is 1390. The number of imidazole rings is 1. The monoisotopic (exact) mass is 493 g/mol. The lowest BCUT2D eigenvalue weighted by Gasteiger charge is -2.28. The van der Waals surface area contributed by atoms with Crippen molar-refractivity contribution in [3.63, 3.8) is 0 Å². The molecule has 0 radical (unpaired) electrons. The average molecular weight is 494 g/mol. The molecule has 1 aliphatic carbocycles. The Morgan fingerprint density at radius 1 is 1.11 bits per heavy atom. The second-order valence-corrected chi connectivity index (χ2v) is 9.13. The standard InChI is InChI=1S/C28H26F3N3O2/c1-18(35)9-10-19-11-16-26-24(17-19)33-27(32-21-12-14-22(15-13-21)36-28(29,30)31)34(26)25-8-4-6-20-5-2-3-7-23(20)25/h2-3,5,7,11-17,25H,4,6,8-10H2,1H3,(H,32,33)/t25-/m1/s1. The maximum absolute atomic E-state index is 12.5. The minimum absolute atomic E-state index is 0.0679. The highest BCUT2D eigenvalue weighted by molar-refractivity contribution is 5.81. The number of carbonyl (C=O) groups is 1. The number of nitrogens with one attached hydrogen (secondary N) is 1. The Labute approximate surface area is 206 Å². The number of aryl methyl sites for hydroxylation is 2. The Morgan fingerprint density at radius 3 is 2.64 bits per heavy atom. The van der Waals surface area contributed by atoms with Crippen LogP contribution in [0.2, 0.25) is 0 Å². The normalized spacial score (nSPS) is 15.5. The molecule has 1 aromatic heterocycles. The zero-order valence-electron chi connectivity index (χ0n) is 19.8. The first-order valence-corrected chi connectivity index (χ1v) is 12.0. The quantitative estimate of drug-likeness (QED) is 0.298. The van der Waals surface area contributed by atoms with Gasteiger partial charge in [0.05, 0.1) is 17.1 Å². The van der Waals surface area contributed by atoms with Crippen molar-refractivity contribution in [3.8, 4) is 5.75 Å². The van der Waals surface area contributed by atoms with Gasteiger partial charge in [-0.3, -0.25) is 0 Å². The maximum atomic E-state index is 12.5. The number of fused-ring (bicyclic) bond motifs is 2. The molecule has 36 heavy (non-hydrogen) atoms. The summed E-state index contributed by atoms with van der Waals surface area (Å²) in [5.74, 6) is 0.470. The Morgan fingerprint density at radius 2 is 1.89 bits per heavy atom. The molecule has 0 saturated carbocycles. The minimum Gasteiger partial charge on any atom is -0.406 e. The molecule has 0 bridgehead atoms. The van der Waals surface area contributed by atoms with Crippen molar-refractivity contribution in [2.45, 2.75) is 51.4 Å². The molecule has 0 aliphatic heterocycles. The average Bonchev–Trinajstić information content (AvgIpc) is 3.19. The van der Waals surface area contributed by atoms with Crippen molar-refractivity contribution in [1.29, 1.82) is 0 Å². The van der Waals surface area contributed by atoms with Gasteiger partial charge in [0, 0.05) is 12.1 Å². The van der Waals surface area contributed by atoms with E-state index < -0.39 is 6.36 Å². The number of Topliss-reactive ketones (excluding diaryl/α,β-unsaturated/α-hetero) is 1. The number of aromatic nitrogens is 2. The molecule has 0 amide bonds. The second-order valence-electron chi connectivity index (χ2n) is 9.13. The van der Waals surface area contributed by atoms with E-state index in [0.29, 0.717) is 24.5 Å². The van der Waals surface area contributed by atoms with Gasteiger partial charge in [-0.15, -0.1) is 13.2 Å². The maximum Gasteiger partial charge on any atom is 0.573 e. The van der Waals surface area contributed by atoms with Crippen molar-refractivity contribution >= 4 is 28.5 Å². The smallest absolute Gasteiger partial charge is 0.406 e. The third-order valence-corrected chi connectivity index (χ3v) is 6.51. The Balaban J connectivity index is 1.54. The zero-order valence-corrected chi connectivity index (χ0v) is 19.8. The summed E-state index contributed by atoms with van der Waals surface area (Å²) in [6, 6.07) is 20.2. The van der Waals surface area contributed by atoms with E-state index in [2.05, 4.69) is 32.8 Å². The molecule has 5 rings (SSSR count). The van der Waals surface area contributed by atoms with Crippen LogP contribution in [-0.2, 0) is 17.6 Å². The molecule has 3 aromatic carbocycles. The molecule has 1 heterocycles. The van der Waals surface area contributed by atoms with Crippen LogP contribution in [0.3, 0.4) is 0 Å². The lowest BCUT2D eigenvalue weighted by molar-refractivity contribution is -0.274. The van der Waals surface area contributed by atoms with Crippen LogP contribution in [-0.4, -0.2) is 21.7 Å². The molecular weight excluding hydrogens is 467 g/mol. The van der Waals surface area contributed by atoms with Crippen LogP contribution in [0.4, 0.5) is 24.8 Å². The molecule has 8 heteroatoms. The molecule has 0 saturated heterocycles. The minimum atomic E-state index is -4.74. The van der Waals surface area contributed by atoms with Crippen molar-refractivity contribution in [2.75, 3.05) is 5.32 Å². The van der Waals surface area contributed by atoms with E-state index in [1.54, 1.807) is 6.92 Å². The first-order valence-electron chi connectivity index (χ1n) is 12.0. The molecule has 186 valence electrons. The number of ether oxygens (including phenoxy) is 1. The number of alkyl halides is 3. The van der Waals surface area contributed by atoms with Gasteiger partial charge in [0.25, 0.3) is 0 Å².